The molecule has 3 nitrogen and oxygen atoms in total. The molecule has 0 bridgehead atoms. The van der Waals surface area contributed by atoms with Crippen LogP contribution in [-0.4, -0.2) is 18.6 Å². The molecule has 0 radical (unpaired) electrons. The van der Waals surface area contributed by atoms with E-state index >= 15 is 0 Å². The van der Waals surface area contributed by atoms with Crippen molar-refractivity contribution < 1.29 is 9.53 Å². The van der Waals surface area contributed by atoms with Gasteiger partial charge in [-0.25, -0.2) is 0 Å². The Morgan fingerprint density at radius 1 is 1.44 bits per heavy atom. The number of carbonyl (C=O) groups is 1. The first-order valence-electron chi connectivity index (χ1n) is 5.10. The van der Waals surface area contributed by atoms with Crippen LogP contribution in [0, 0.1) is 12.3 Å². The third-order valence-corrected chi connectivity index (χ3v) is 1.86. The van der Waals surface area contributed by atoms with Gasteiger partial charge in [-0.05, 0) is 38.1 Å². The van der Waals surface area contributed by atoms with Crippen LogP contribution in [0.4, 0.5) is 0 Å². The number of terminal acetylenes is 1. The number of benzene rings is 1. The molecule has 1 rings (SSSR count). The Morgan fingerprint density at radius 3 is 2.56 bits per heavy atom. The zero-order valence-corrected chi connectivity index (χ0v) is 9.49. The van der Waals surface area contributed by atoms with Crippen molar-refractivity contribution in [3.63, 3.8) is 0 Å². The molecule has 16 heavy (non-hydrogen) atoms. The van der Waals surface area contributed by atoms with Crippen LogP contribution in [0.3, 0.4) is 0 Å². The first kappa shape index (κ1) is 12.1. The van der Waals surface area contributed by atoms with Crippen LogP contribution in [0.5, 0.6) is 5.75 Å². The van der Waals surface area contributed by atoms with E-state index in [1.165, 1.54) is 0 Å². The number of hydrogen-bond acceptors (Lipinski definition) is 2. The molecular weight excluding hydrogens is 202 g/mol. The Kier molecular flexibility index (Phi) is 4.41. The summed E-state index contributed by atoms with van der Waals surface area (Å²) in [6.07, 6.45) is 5.07. The van der Waals surface area contributed by atoms with E-state index in [2.05, 4.69) is 11.2 Å². The Bertz CT molecular complexity index is 387. The molecule has 84 valence electrons. The molecule has 0 aliphatic heterocycles. The Balaban J connectivity index is 2.64. The van der Waals surface area contributed by atoms with Gasteiger partial charge >= 0.3 is 0 Å². The van der Waals surface area contributed by atoms with Crippen LogP contribution < -0.4 is 10.1 Å². The van der Waals surface area contributed by atoms with Gasteiger partial charge in [0.15, 0.2) is 0 Å². The maximum atomic E-state index is 11.6. The fraction of sp³-hybridized carbons (Fsp3) is 0.308. The summed E-state index contributed by atoms with van der Waals surface area (Å²) >= 11 is 0. The highest BCUT2D eigenvalue weighted by atomic mass is 16.5. The van der Waals surface area contributed by atoms with Crippen LogP contribution in [-0.2, 0) is 0 Å². The normalized spacial score (nSPS) is 9.62. The second-order valence-electron chi connectivity index (χ2n) is 3.65. The minimum atomic E-state index is -0.0847. The van der Waals surface area contributed by atoms with E-state index in [4.69, 9.17) is 11.2 Å². The third kappa shape index (κ3) is 3.66. The highest BCUT2D eigenvalue weighted by Crippen LogP contribution is 2.11. The molecule has 0 fully saturated rings. The minimum absolute atomic E-state index is 0.0847. The quantitative estimate of drug-likeness (QED) is 0.781. The number of amides is 1. The van der Waals surface area contributed by atoms with Gasteiger partial charge in [0.25, 0.3) is 5.91 Å². The molecule has 0 aromatic heterocycles. The lowest BCUT2D eigenvalue weighted by Gasteiger charge is -2.08. The minimum Gasteiger partial charge on any atom is -0.481 e. The predicted octanol–water partition coefficient (Wildman–Crippen LogP) is 1.84. The molecule has 0 atom stereocenters. The maximum Gasteiger partial charge on any atom is 0.251 e. The number of rotatable bonds is 4. The van der Waals surface area contributed by atoms with E-state index in [9.17, 15) is 4.79 Å². The molecule has 0 aliphatic carbocycles. The van der Waals surface area contributed by atoms with Crippen molar-refractivity contribution >= 4 is 5.91 Å². The molecular formula is C13H15NO2. The van der Waals surface area contributed by atoms with E-state index in [1.54, 1.807) is 24.3 Å². The highest BCUT2D eigenvalue weighted by Gasteiger charge is 2.06. The van der Waals surface area contributed by atoms with E-state index < -0.39 is 0 Å². The first-order chi connectivity index (χ1) is 7.63. The van der Waals surface area contributed by atoms with Gasteiger partial charge in [-0.15, -0.1) is 6.42 Å². The zero-order valence-electron chi connectivity index (χ0n) is 9.49. The van der Waals surface area contributed by atoms with Gasteiger partial charge in [0.2, 0.25) is 0 Å². The first-order valence-corrected chi connectivity index (χ1v) is 5.10. The van der Waals surface area contributed by atoms with Crippen molar-refractivity contribution in [2.24, 2.45) is 0 Å². The van der Waals surface area contributed by atoms with Gasteiger partial charge in [-0.3, -0.25) is 4.79 Å². The summed E-state index contributed by atoms with van der Waals surface area (Å²) in [6, 6.07) is 7.01. The summed E-state index contributed by atoms with van der Waals surface area (Å²) in [5.74, 6) is 2.96. The van der Waals surface area contributed by atoms with E-state index in [0.717, 1.165) is 0 Å². The number of nitrogens with one attached hydrogen (secondary N) is 1. The van der Waals surface area contributed by atoms with Crippen molar-refractivity contribution in [2.45, 2.75) is 19.9 Å². The summed E-state index contributed by atoms with van der Waals surface area (Å²) in [6.45, 7) is 4.07. The average molecular weight is 217 g/mol. The van der Waals surface area contributed by atoms with Gasteiger partial charge in [-0.1, -0.05) is 5.92 Å². The zero-order chi connectivity index (χ0) is 12.0. The van der Waals surface area contributed by atoms with Crippen LogP contribution >= 0.6 is 0 Å². The summed E-state index contributed by atoms with van der Waals surface area (Å²) in [5.41, 5.74) is 0.613. The van der Waals surface area contributed by atoms with Crippen molar-refractivity contribution in [2.75, 3.05) is 6.61 Å². The smallest absolute Gasteiger partial charge is 0.251 e. The monoisotopic (exact) mass is 217 g/mol. The predicted molar refractivity (Wildman–Crippen MR) is 63.4 cm³/mol. The molecule has 1 N–H and O–H groups in total. The summed E-state index contributed by atoms with van der Waals surface area (Å²) in [7, 11) is 0. The molecule has 1 amide bonds. The van der Waals surface area contributed by atoms with Crippen molar-refractivity contribution in [3.8, 4) is 18.1 Å². The van der Waals surface area contributed by atoms with Gasteiger partial charge in [0, 0.05) is 11.6 Å². The van der Waals surface area contributed by atoms with E-state index in [-0.39, 0.29) is 18.6 Å². The Labute approximate surface area is 95.8 Å². The lowest BCUT2D eigenvalue weighted by atomic mass is 10.2. The number of ether oxygens (including phenoxy) is 1. The molecule has 0 spiro atoms. The lowest BCUT2D eigenvalue weighted by Crippen LogP contribution is -2.29. The molecule has 0 unspecified atom stereocenters. The van der Waals surface area contributed by atoms with Gasteiger partial charge in [0.05, 0.1) is 0 Å². The molecule has 3 heteroatoms. The lowest BCUT2D eigenvalue weighted by molar-refractivity contribution is 0.0943. The SMILES string of the molecule is C#CCOc1ccc(C(=O)NC(C)C)cc1. The molecule has 0 aliphatic rings. The fourth-order valence-electron chi connectivity index (χ4n) is 1.17. The largest absolute Gasteiger partial charge is 0.481 e. The molecule has 0 saturated heterocycles. The number of hydrogen-bond donors (Lipinski definition) is 1. The molecule has 0 heterocycles. The maximum absolute atomic E-state index is 11.6. The summed E-state index contributed by atoms with van der Waals surface area (Å²) < 4.78 is 5.20. The molecule has 1 aromatic rings. The molecule has 0 saturated carbocycles. The standard InChI is InChI=1S/C13H15NO2/c1-4-9-16-12-7-5-11(6-8-12)13(15)14-10(2)3/h1,5-8,10H,9H2,2-3H3,(H,14,15). The van der Waals surface area contributed by atoms with Crippen LogP contribution in [0.2, 0.25) is 0 Å². The summed E-state index contributed by atoms with van der Waals surface area (Å²) in [5, 5.41) is 2.81. The van der Waals surface area contributed by atoms with Crippen molar-refractivity contribution in [1.82, 2.24) is 5.32 Å². The topological polar surface area (TPSA) is 38.3 Å². The average Bonchev–Trinajstić information content (AvgIpc) is 2.26. The highest BCUT2D eigenvalue weighted by molar-refractivity contribution is 5.94. The molecule has 1 aromatic carbocycles. The fourth-order valence-corrected chi connectivity index (χ4v) is 1.17. The van der Waals surface area contributed by atoms with Crippen molar-refractivity contribution in [3.05, 3.63) is 29.8 Å². The Hall–Kier alpha value is -1.95. The van der Waals surface area contributed by atoms with Crippen LogP contribution in [0.15, 0.2) is 24.3 Å². The Morgan fingerprint density at radius 2 is 2.06 bits per heavy atom. The number of carbonyl (C=O) groups excluding carboxylic acids is 1. The van der Waals surface area contributed by atoms with Gasteiger partial charge < -0.3 is 10.1 Å². The van der Waals surface area contributed by atoms with Crippen molar-refractivity contribution in [1.29, 1.82) is 0 Å². The third-order valence-electron chi connectivity index (χ3n) is 1.86. The second kappa shape index (κ2) is 5.82. The van der Waals surface area contributed by atoms with Crippen LogP contribution in [0.1, 0.15) is 24.2 Å². The second-order valence-corrected chi connectivity index (χ2v) is 3.65. The van der Waals surface area contributed by atoms with E-state index in [0.29, 0.717) is 11.3 Å². The van der Waals surface area contributed by atoms with E-state index in [1.807, 2.05) is 13.8 Å². The van der Waals surface area contributed by atoms with Gasteiger partial charge in [0.1, 0.15) is 12.4 Å². The summed E-state index contributed by atoms with van der Waals surface area (Å²) in [4.78, 5) is 11.6. The van der Waals surface area contributed by atoms with Gasteiger partial charge in [-0.2, -0.15) is 0 Å². The van der Waals surface area contributed by atoms with Crippen LogP contribution in [0.25, 0.3) is 0 Å².